The van der Waals surface area contributed by atoms with Gasteiger partial charge in [-0.15, -0.1) is 0 Å². The average Bonchev–Trinajstić information content (AvgIpc) is 2.57. The molecule has 3 aromatic carbocycles. The van der Waals surface area contributed by atoms with Crippen LogP contribution in [0.15, 0.2) is 65.5 Å². The molecular weight excluding hydrogens is 304 g/mol. The van der Waals surface area contributed by atoms with Crippen molar-refractivity contribution in [1.82, 2.24) is 0 Å². The van der Waals surface area contributed by atoms with E-state index in [-0.39, 0.29) is 21.7 Å². The van der Waals surface area contributed by atoms with Crippen molar-refractivity contribution in [2.75, 3.05) is 0 Å². The van der Waals surface area contributed by atoms with E-state index in [0.717, 1.165) is 30.9 Å². The standard InChI is InChI=1S/C20H15O2S/c1-13(21)12-23-18-9-5-4-8-16(18)20(22)17-10-14-6-2-3-7-15(14)11-19(17)23/h2-11H,12H2,1H3/q+1. The summed E-state index contributed by atoms with van der Waals surface area (Å²) in [5, 5.41) is 3.65. The molecule has 0 saturated heterocycles. The second-order valence-electron chi connectivity index (χ2n) is 5.76. The summed E-state index contributed by atoms with van der Waals surface area (Å²) in [6.45, 7) is 1.62. The molecule has 0 fully saturated rings. The second kappa shape index (κ2) is 5.28. The highest BCUT2D eigenvalue weighted by molar-refractivity contribution is 7.42. The molecule has 0 spiro atoms. The van der Waals surface area contributed by atoms with Crippen molar-refractivity contribution in [3.8, 4) is 0 Å². The van der Waals surface area contributed by atoms with Crippen LogP contribution in [0.5, 0.6) is 0 Å². The topological polar surface area (TPSA) is 34.1 Å². The summed E-state index contributed by atoms with van der Waals surface area (Å²) < 4.78 is 2.00. The van der Waals surface area contributed by atoms with Crippen molar-refractivity contribution >= 4 is 47.2 Å². The summed E-state index contributed by atoms with van der Waals surface area (Å²) >= 11 is 0. The van der Waals surface area contributed by atoms with E-state index in [2.05, 4.69) is 12.1 Å². The minimum absolute atomic E-state index is 0.0636. The third-order valence-electron chi connectivity index (χ3n) is 4.10. The summed E-state index contributed by atoms with van der Waals surface area (Å²) in [5.74, 6) is 0.604. The van der Waals surface area contributed by atoms with Gasteiger partial charge in [-0.25, -0.2) is 0 Å². The molecule has 0 aliphatic rings. The van der Waals surface area contributed by atoms with Gasteiger partial charge in [-0.1, -0.05) is 36.4 Å². The van der Waals surface area contributed by atoms with Crippen LogP contribution in [0.2, 0.25) is 0 Å². The van der Waals surface area contributed by atoms with Crippen LogP contribution in [0.3, 0.4) is 0 Å². The Morgan fingerprint density at radius 2 is 1.52 bits per heavy atom. The Morgan fingerprint density at radius 1 is 0.870 bits per heavy atom. The average molecular weight is 319 g/mol. The number of rotatable bonds is 2. The lowest BCUT2D eigenvalue weighted by molar-refractivity contribution is -0.115. The molecule has 2 nitrogen and oxygen atoms in total. The molecule has 1 aromatic heterocycles. The van der Waals surface area contributed by atoms with E-state index >= 15 is 0 Å². The van der Waals surface area contributed by atoms with E-state index in [0.29, 0.717) is 5.75 Å². The minimum atomic E-state index is -0.372. The molecule has 1 heterocycles. The van der Waals surface area contributed by atoms with E-state index in [4.69, 9.17) is 0 Å². The Bertz CT molecular complexity index is 1140. The maximum Gasteiger partial charge on any atom is 0.203 e. The molecule has 112 valence electrons. The second-order valence-corrected chi connectivity index (χ2v) is 7.71. The molecule has 1 unspecified atom stereocenters. The van der Waals surface area contributed by atoms with Crippen LogP contribution in [0.1, 0.15) is 6.92 Å². The first-order chi connectivity index (χ1) is 11.1. The van der Waals surface area contributed by atoms with Gasteiger partial charge in [-0.3, -0.25) is 9.59 Å². The fourth-order valence-electron chi connectivity index (χ4n) is 3.09. The summed E-state index contributed by atoms with van der Waals surface area (Å²) in [4.78, 5) is 24.7. The minimum Gasteiger partial charge on any atom is -0.294 e. The van der Waals surface area contributed by atoms with Gasteiger partial charge in [0.1, 0.15) is 0 Å². The number of benzene rings is 3. The first-order valence-corrected chi connectivity index (χ1v) is 8.91. The lowest BCUT2D eigenvalue weighted by Crippen LogP contribution is -2.04. The molecule has 0 aliphatic carbocycles. The molecule has 23 heavy (non-hydrogen) atoms. The zero-order chi connectivity index (χ0) is 16.0. The van der Waals surface area contributed by atoms with Gasteiger partial charge in [-0.05, 0) is 35.9 Å². The Hall–Kier alpha value is -2.52. The number of Topliss-reactive ketones (excluding diaryl/α,β-unsaturated/α-hetero) is 1. The Kier molecular flexibility index (Phi) is 3.24. The van der Waals surface area contributed by atoms with Crippen LogP contribution in [-0.4, -0.2) is 5.78 Å². The summed E-state index contributed by atoms with van der Waals surface area (Å²) in [7, 11) is -0.372. The fourth-order valence-corrected chi connectivity index (χ4v) is 5.40. The number of fused-ring (bicyclic) bond motifs is 3. The highest BCUT2D eigenvalue weighted by atomic mass is 32.2. The molecule has 0 aliphatic heterocycles. The largest absolute Gasteiger partial charge is 0.294 e. The van der Waals surface area contributed by atoms with Gasteiger partial charge in [0, 0.05) is 16.5 Å². The maximum atomic E-state index is 12.9. The van der Waals surface area contributed by atoms with Crippen molar-refractivity contribution in [3.63, 3.8) is 0 Å². The smallest absolute Gasteiger partial charge is 0.203 e. The van der Waals surface area contributed by atoms with E-state index in [1.54, 1.807) is 6.92 Å². The number of carbonyl (C=O) groups is 1. The monoisotopic (exact) mass is 319 g/mol. The Labute approximate surface area is 136 Å². The third kappa shape index (κ3) is 2.25. The van der Waals surface area contributed by atoms with Crippen molar-refractivity contribution in [2.24, 2.45) is 0 Å². The Balaban J connectivity index is 2.27. The lowest BCUT2D eigenvalue weighted by atomic mass is 10.1. The zero-order valence-corrected chi connectivity index (χ0v) is 13.5. The van der Waals surface area contributed by atoms with Crippen LogP contribution in [0.4, 0.5) is 0 Å². The van der Waals surface area contributed by atoms with E-state index in [1.807, 2.05) is 48.5 Å². The van der Waals surface area contributed by atoms with Gasteiger partial charge in [0.15, 0.2) is 20.9 Å². The molecule has 0 amide bonds. The van der Waals surface area contributed by atoms with E-state index in [1.165, 1.54) is 0 Å². The fraction of sp³-hybridized carbons (Fsp3) is 0.100. The van der Waals surface area contributed by atoms with Gasteiger partial charge in [0.25, 0.3) is 0 Å². The van der Waals surface area contributed by atoms with Crippen LogP contribution in [0.25, 0.3) is 30.9 Å². The molecule has 4 aromatic rings. The number of ketones is 1. The normalized spacial score (nSPS) is 12.1. The van der Waals surface area contributed by atoms with Crippen molar-refractivity contribution in [1.29, 1.82) is 0 Å². The lowest BCUT2D eigenvalue weighted by Gasteiger charge is -2.04. The maximum absolute atomic E-state index is 12.9. The number of hydrogen-bond donors (Lipinski definition) is 0. The predicted molar refractivity (Wildman–Crippen MR) is 98.4 cm³/mol. The predicted octanol–water partition coefficient (Wildman–Crippen LogP) is 4.84. The van der Waals surface area contributed by atoms with Gasteiger partial charge in [-0.2, -0.15) is 0 Å². The summed E-state index contributed by atoms with van der Waals surface area (Å²) in [6, 6.07) is 19.8. The van der Waals surface area contributed by atoms with Crippen molar-refractivity contribution in [3.05, 3.63) is 70.9 Å². The summed E-state index contributed by atoms with van der Waals surface area (Å²) in [6.07, 6.45) is 0. The molecule has 0 N–H and O–H groups in total. The molecule has 1 atom stereocenters. The first-order valence-electron chi connectivity index (χ1n) is 7.52. The molecule has 0 bridgehead atoms. The molecular formula is C20H15O2S+. The van der Waals surface area contributed by atoms with Crippen molar-refractivity contribution < 1.29 is 4.79 Å². The van der Waals surface area contributed by atoms with Crippen LogP contribution >= 0.6 is 10.5 Å². The number of hydrogen-bond acceptors (Lipinski definition) is 2. The van der Waals surface area contributed by atoms with Gasteiger partial charge < -0.3 is 0 Å². The highest BCUT2D eigenvalue weighted by Gasteiger charge is 2.22. The summed E-state index contributed by atoms with van der Waals surface area (Å²) in [5.41, 5.74) is 0.0636. The molecule has 0 saturated carbocycles. The SMILES string of the molecule is CC(=O)C[s+]1c2ccccc2c(=O)c2cc3ccccc3cc21. The van der Waals surface area contributed by atoms with Gasteiger partial charge >= 0.3 is 0 Å². The highest BCUT2D eigenvalue weighted by Crippen LogP contribution is 2.38. The first kappa shape index (κ1) is 14.1. The van der Waals surface area contributed by atoms with E-state index < -0.39 is 0 Å². The van der Waals surface area contributed by atoms with Gasteiger partial charge in [0.05, 0.1) is 10.8 Å². The van der Waals surface area contributed by atoms with Crippen LogP contribution in [-0.2, 0) is 10.5 Å². The Morgan fingerprint density at radius 3 is 2.26 bits per heavy atom. The molecule has 0 radical (unpaired) electrons. The van der Waals surface area contributed by atoms with E-state index in [9.17, 15) is 9.59 Å². The van der Waals surface area contributed by atoms with Gasteiger partial charge in [0.2, 0.25) is 5.43 Å². The van der Waals surface area contributed by atoms with Crippen LogP contribution in [0, 0.1) is 0 Å². The zero-order valence-electron chi connectivity index (χ0n) is 12.7. The van der Waals surface area contributed by atoms with Crippen LogP contribution < -0.4 is 5.43 Å². The van der Waals surface area contributed by atoms with Crippen molar-refractivity contribution in [2.45, 2.75) is 12.7 Å². The third-order valence-corrected chi connectivity index (χ3v) is 6.55. The molecule has 3 heteroatoms. The molecule has 4 rings (SSSR count). The quantitative estimate of drug-likeness (QED) is 0.391. The number of carbonyl (C=O) groups excluding carboxylic acids is 1.